The van der Waals surface area contributed by atoms with Crippen LogP contribution in [-0.4, -0.2) is 19.1 Å². The van der Waals surface area contributed by atoms with Crippen molar-refractivity contribution in [3.05, 3.63) is 60.2 Å². The third-order valence-corrected chi connectivity index (χ3v) is 2.84. The van der Waals surface area contributed by atoms with Crippen molar-refractivity contribution in [2.45, 2.75) is 13.5 Å². The molecule has 0 bridgehead atoms. The highest BCUT2D eigenvalue weighted by molar-refractivity contribution is 5.75. The van der Waals surface area contributed by atoms with Gasteiger partial charge in [-0.15, -0.1) is 0 Å². The number of carbonyl (C=O) groups is 1. The molecule has 0 aromatic heterocycles. The Bertz CT molecular complexity index is 552. The van der Waals surface area contributed by atoms with Crippen molar-refractivity contribution in [2.24, 2.45) is 0 Å². The van der Waals surface area contributed by atoms with Gasteiger partial charge in [-0.1, -0.05) is 30.3 Å². The molecule has 4 nitrogen and oxygen atoms in total. The number of ether oxygens (including phenoxy) is 2. The number of hydrogen-bond acceptors (Lipinski definition) is 4. The molecule has 1 N–H and O–H groups in total. The Labute approximate surface area is 124 Å². The Hall–Kier alpha value is -2.49. The van der Waals surface area contributed by atoms with Crippen LogP contribution in [-0.2, 0) is 16.1 Å². The summed E-state index contributed by atoms with van der Waals surface area (Å²) < 4.78 is 10.5. The third kappa shape index (κ3) is 5.18. The second-order valence-electron chi connectivity index (χ2n) is 4.46. The van der Waals surface area contributed by atoms with Crippen LogP contribution in [0, 0.1) is 0 Å². The largest absolute Gasteiger partial charge is 0.494 e. The summed E-state index contributed by atoms with van der Waals surface area (Å²) in [5.41, 5.74) is 1.84. The lowest BCUT2D eigenvalue weighted by Crippen LogP contribution is -2.16. The SMILES string of the molecule is CCOc1ccc(NCC(=O)OCc2ccccc2)cc1. The molecule has 21 heavy (non-hydrogen) atoms. The van der Waals surface area contributed by atoms with Crippen LogP contribution < -0.4 is 10.1 Å². The van der Waals surface area contributed by atoms with Crippen LogP contribution in [0.1, 0.15) is 12.5 Å². The molecule has 0 atom stereocenters. The Balaban J connectivity index is 1.73. The predicted molar refractivity (Wildman–Crippen MR) is 82.3 cm³/mol. The van der Waals surface area contributed by atoms with Gasteiger partial charge in [0.1, 0.15) is 18.9 Å². The van der Waals surface area contributed by atoms with Crippen molar-refractivity contribution in [1.82, 2.24) is 0 Å². The maximum atomic E-state index is 11.6. The number of hydrogen-bond donors (Lipinski definition) is 1. The highest BCUT2D eigenvalue weighted by atomic mass is 16.5. The summed E-state index contributed by atoms with van der Waals surface area (Å²) in [4.78, 5) is 11.6. The average molecular weight is 285 g/mol. The van der Waals surface area contributed by atoms with Gasteiger partial charge in [-0.05, 0) is 36.8 Å². The molecule has 4 heteroatoms. The Morgan fingerprint density at radius 1 is 1.05 bits per heavy atom. The molecule has 0 saturated heterocycles. The molecular formula is C17H19NO3. The van der Waals surface area contributed by atoms with E-state index >= 15 is 0 Å². The first kappa shape index (κ1) is 14.9. The lowest BCUT2D eigenvalue weighted by atomic mass is 10.2. The molecule has 0 aliphatic carbocycles. The summed E-state index contributed by atoms with van der Waals surface area (Å²) in [5, 5.41) is 3.02. The summed E-state index contributed by atoms with van der Waals surface area (Å²) in [7, 11) is 0. The zero-order chi connectivity index (χ0) is 14.9. The van der Waals surface area contributed by atoms with E-state index in [0.717, 1.165) is 17.0 Å². The van der Waals surface area contributed by atoms with E-state index in [1.807, 2.05) is 61.5 Å². The van der Waals surface area contributed by atoms with E-state index in [2.05, 4.69) is 5.32 Å². The van der Waals surface area contributed by atoms with E-state index in [-0.39, 0.29) is 12.5 Å². The minimum Gasteiger partial charge on any atom is -0.494 e. The Morgan fingerprint density at radius 2 is 1.76 bits per heavy atom. The normalized spacial score (nSPS) is 9.95. The van der Waals surface area contributed by atoms with Crippen LogP contribution in [0.15, 0.2) is 54.6 Å². The van der Waals surface area contributed by atoms with Crippen molar-refractivity contribution >= 4 is 11.7 Å². The molecule has 0 aliphatic rings. The molecule has 2 rings (SSSR count). The number of benzene rings is 2. The smallest absolute Gasteiger partial charge is 0.325 e. The van der Waals surface area contributed by atoms with Gasteiger partial charge < -0.3 is 14.8 Å². The molecule has 0 spiro atoms. The van der Waals surface area contributed by atoms with Gasteiger partial charge >= 0.3 is 5.97 Å². The Kier molecular flexibility index (Phi) is 5.64. The highest BCUT2D eigenvalue weighted by Gasteiger charge is 2.03. The topological polar surface area (TPSA) is 47.6 Å². The minimum absolute atomic E-state index is 0.140. The molecule has 0 aliphatic heterocycles. The van der Waals surface area contributed by atoms with E-state index in [1.54, 1.807) is 0 Å². The number of carbonyl (C=O) groups excluding carboxylic acids is 1. The molecule has 0 amide bonds. The lowest BCUT2D eigenvalue weighted by Gasteiger charge is -2.08. The monoisotopic (exact) mass is 285 g/mol. The Morgan fingerprint density at radius 3 is 2.43 bits per heavy atom. The van der Waals surface area contributed by atoms with Gasteiger partial charge in [0, 0.05) is 5.69 Å². The summed E-state index contributed by atoms with van der Waals surface area (Å²) in [6.45, 7) is 3.01. The van der Waals surface area contributed by atoms with E-state index in [4.69, 9.17) is 9.47 Å². The van der Waals surface area contributed by atoms with Gasteiger partial charge in [-0.2, -0.15) is 0 Å². The van der Waals surface area contributed by atoms with Crippen molar-refractivity contribution < 1.29 is 14.3 Å². The number of rotatable bonds is 7. The van der Waals surface area contributed by atoms with Gasteiger partial charge in [-0.25, -0.2) is 0 Å². The van der Waals surface area contributed by atoms with Crippen LogP contribution in [0.25, 0.3) is 0 Å². The summed E-state index contributed by atoms with van der Waals surface area (Å²) in [6, 6.07) is 17.1. The van der Waals surface area contributed by atoms with Crippen LogP contribution in [0.5, 0.6) is 5.75 Å². The second-order valence-corrected chi connectivity index (χ2v) is 4.46. The standard InChI is InChI=1S/C17H19NO3/c1-2-20-16-10-8-15(9-11-16)18-12-17(19)21-13-14-6-4-3-5-7-14/h3-11,18H,2,12-13H2,1H3. The van der Waals surface area contributed by atoms with Crippen LogP contribution in [0.4, 0.5) is 5.69 Å². The predicted octanol–water partition coefficient (Wildman–Crippen LogP) is 3.24. The fourth-order valence-corrected chi connectivity index (χ4v) is 1.80. The van der Waals surface area contributed by atoms with Gasteiger partial charge in [0.2, 0.25) is 0 Å². The third-order valence-electron chi connectivity index (χ3n) is 2.84. The van der Waals surface area contributed by atoms with Crippen molar-refractivity contribution in [1.29, 1.82) is 0 Å². The van der Waals surface area contributed by atoms with Crippen LogP contribution >= 0.6 is 0 Å². The van der Waals surface area contributed by atoms with Crippen LogP contribution in [0.3, 0.4) is 0 Å². The van der Waals surface area contributed by atoms with Gasteiger partial charge in [0.05, 0.1) is 6.61 Å². The van der Waals surface area contributed by atoms with Crippen LogP contribution in [0.2, 0.25) is 0 Å². The highest BCUT2D eigenvalue weighted by Crippen LogP contribution is 2.15. The maximum absolute atomic E-state index is 11.6. The summed E-state index contributed by atoms with van der Waals surface area (Å²) in [5.74, 6) is 0.530. The van der Waals surface area contributed by atoms with Gasteiger partial charge in [0.15, 0.2) is 0 Å². The first-order valence-corrected chi connectivity index (χ1v) is 6.94. The molecule has 0 radical (unpaired) electrons. The molecule has 2 aromatic rings. The molecule has 0 unspecified atom stereocenters. The zero-order valence-electron chi connectivity index (χ0n) is 12.0. The minimum atomic E-state index is -0.285. The lowest BCUT2D eigenvalue weighted by molar-refractivity contribution is -0.142. The van der Waals surface area contributed by atoms with E-state index in [1.165, 1.54) is 0 Å². The summed E-state index contributed by atoms with van der Waals surface area (Å²) in [6.07, 6.45) is 0. The number of nitrogens with one attached hydrogen (secondary N) is 1. The fourth-order valence-electron chi connectivity index (χ4n) is 1.80. The first-order valence-electron chi connectivity index (χ1n) is 6.94. The second kappa shape index (κ2) is 7.94. The molecule has 0 fully saturated rings. The fraction of sp³-hybridized carbons (Fsp3) is 0.235. The molecule has 0 saturated carbocycles. The van der Waals surface area contributed by atoms with Crippen molar-refractivity contribution in [3.8, 4) is 5.75 Å². The number of esters is 1. The van der Waals surface area contributed by atoms with Gasteiger partial charge in [-0.3, -0.25) is 4.79 Å². The first-order chi connectivity index (χ1) is 10.3. The van der Waals surface area contributed by atoms with Crippen molar-refractivity contribution in [3.63, 3.8) is 0 Å². The van der Waals surface area contributed by atoms with Crippen molar-refractivity contribution in [2.75, 3.05) is 18.5 Å². The quantitative estimate of drug-likeness (QED) is 0.793. The zero-order valence-corrected chi connectivity index (χ0v) is 12.0. The maximum Gasteiger partial charge on any atom is 0.325 e. The van der Waals surface area contributed by atoms with Gasteiger partial charge in [0.25, 0.3) is 0 Å². The number of anilines is 1. The molecule has 0 heterocycles. The molecule has 2 aromatic carbocycles. The van der Waals surface area contributed by atoms with E-state index in [0.29, 0.717) is 13.2 Å². The van der Waals surface area contributed by atoms with E-state index in [9.17, 15) is 4.79 Å². The molecule has 110 valence electrons. The summed E-state index contributed by atoms with van der Waals surface area (Å²) >= 11 is 0. The molecular weight excluding hydrogens is 266 g/mol. The average Bonchev–Trinajstić information content (AvgIpc) is 2.53. The van der Waals surface area contributed by atoms with E-state index < -0.39 is 0 Å².